The summed E-state index contributed by atoms with van der Waals surface area (Å²) in [4.78, 5) is 0. The second-order valence-electron chi connectivity index (χ2n) is 5.28. The van der Waals surface area contributed by atoms with E-state index < -0.39 is 0 Å². The zero-order valence-corrected chi connectivity index (χ0v) is 12.4. The SMILES string of the molecule is COc1ccc([C@H]2C[C@@H](c3ccccc3)C=C(C#N)O2)cc1. The van der Waals surface area contributed by atoms with Crippen LogP contribution in [0.15, 0.2) is 66.4 Å². The topological polar surface area (TPSA) is 42.2 Å². The van der Waals surface area contributed by atoms with Gasteiger partial charge in [0.2, 0.25) is 0 Å². The fourth-order valence-electron chi connectivity index (χ4n) is 2.74. The minimum atomic E-state index is -0.115. The Kier molecular flexibility index (Phi) is 4.11. The van der Waals surface area contributed by atoms with Gasteiger partial charge in [0.25, 0.3) is 0 Å². The predicted molar refractivity (Wildman–Crippen MR) is 84.3 cm³/mol. The molecule has 0 bridgehead atoms. The van der Waals surface area contributed by atoms with E-state index in [1.807, 2.05) is 48.5 Å². The molecule has 3 nitrogen and oxygen atoms in total. The van der Waals surface area contributed by atoms with Crippen molar-refractivity contribution in [3.8, 4) is 11.8 Å². The summed E-state index contributed by atoms with van der Waals surface area (Å²) >= 11 is 0. The third kappa shape index (κ3) is 2.96. The van der Waals surface area contributed by atoms with E-state index >= 15 is 0 Å². The van der Waals surface area contributed by atoms with E-state index in [4.69, 9.17) is 9.47 Å². The van der Waals surface area contributed by atoms with Gasteiger partial charge >= 0.3 is 0 Å². The van der Waals surface area contributed by atoms with Crippen LogP contribution >= 0.6 is 0 Å². The van der Waals surface area contributed by atoms with Crippen LogP contribution in [0, 0.1) is 11.3 Å². The van der Waals surface area contributed by atoms with Crippen molar-refractivity contribution in [2.24, 2.45) is 0 Å². The Morgan fingerprint density at radius 2 is 1.77 bits per heavy atom. The Bertz CT molecular complexity index is 698. The third-order valence-electron chi connectivity index (χ3n) is 3.92. The van der Waals surface area contributed by atoms with E-state index in [9.17, 15) is 5.26 Å². The Morgan fingerprint density at radius 3 is 2.41 bits per heavy atom. The van der Waals surface area contributed by atoms with Crippen LogP contribution in [0.1, 0.15) is 29.6 Å². The fraction of sp³-hybridized carbons (Fsp3) is 0.211. The largest absolute Gasteiger partial charge is 0.497 e. The summed E-state index contributed by atoms with van der Waals surface area (Å²) in [5, 5.41) is 9.24. The minimum absolute atomic E-state index is 0.115. The van der Waals surface area contributed by atoms with Crippen molar-refractivity contribution in [3.63, 3.8) is 0 Å². The fourth-order valence-corrected chi connectivity index (χ4v) is 2.74. The molecule has 2 aromatic carbocycles. The van der Waals surface area contributed by atoms with Crippen LogP contribution in [0.5, 0.6) is 5.75 Å². The Hall–Kier alpha value is -2.73. The molecule has 0 N–H and O–H groups in total. The molecular formula is C19H17NO2. The average molecular weight is 291 g/mol. The normalized spacial score (nSPS) is 20.5. The summed E-state index contributed by atoms with van der Waals surface area (Å²) < 4.78 is 11.0. The van der Waals surface area contributed by atoms with Gasteiger partial charge in [-0.25, -0.2) is 0 Å². The second-order valence-corrected chi connectivity index (χ2v) is 5.28. The van der Waals surface area contributed by atoms with Gasteiger partial charge in [0, 0.05) is 5.92 Å². The maximum Gasteiger partial charge on any atom is 0.194 e. The van der Waals surface area contributed by atoms with Gasteiger partial charge in [0.15, 0.2) is 5.76 Å². The number of nitrogens with zero attached hydrogens (tertiary/aromatic N) is 1. The highest BCUT2D eigenvalue weighted by atomic mass is 16.5. The average Bonchev–Trinajstić information content (AvgIpc) is 2.62. The van der Waals surface area contributed by atoms with Crippen LogP contribution in [-0.2, 0) is 4.74 Å². The lowest BCUT2D eigenvalue weighted by Crippen LogP contribution is -2.14. The van der Waals surface area contributed by atoms with Gasteiger partial charge in [-0.3, -0.25) is 0 Å². The summed E-state index contributed by atoms with van der Waals surface area (Å²) in [7, 11) is 1.65. The smallest absolute Gasteiger partial charge is 0.194 e. The molecule has 1 heterocycles. The molecule has 3 heteroatoms. The zero-order chi connectivity index (χ0) is 15.4. The number of hydrogen-bond acceptors (Lipinski definition) is 3. The van der Waals surface area contributed by atoms with Crippen molar-refractivity contribution in [2.45, 2.75) is 18.4 Å². The number of ether oxygens (including phenoxy) is 2. The monoisotopic (exact) mass is 291 g/mol. The molecule has 0 radical (unpaired) electrons. The third-order valence-corrected chi connectivity index (χ3v) is 3.92. The molecule has 0 fully saturated rings. The van der Waals surface area contributed by atoms with Crippen molar-refractivity contribution >= 4 is 0 Å². The molecule has 22 heavy (non-hydrogen) atoms. The molecule has 0 saturated carbocycles. The first-order valence-corrected chi connectivity index (χ1v) is 7.27. The van der Waals surface area contributed by atoms with Crippen molar-refractivity contribution in [1.82, 2.24) is 0 Å². The first kappa shape index (κ1) is 14.2. The molecule has 110 valence electrons. The van der Waals surface area contributed by atoms with Crippen LogP contribution in [-0.4, -0.2) is 7.11 Å². The van der Waals surface area contributed by atoms with E-state index in [2.05, 4.69) is 18.2 Å². The highest BCUT2D eigenvalue weighted by Gasteiger charge is 2.26. The molecular weight excluding hydrogens is 274 g/mol. The van der Waals surface area contributed by atoms with E-state index in [-0.39, 0.29) is 12.0 Å². The molecule has 0 amide bonds. The van der Waals surface area contributed by atoms with Gasteiger partial charge in [-0.15, -0.1) is 0 Å². The molecule has 0 saturated heterocycles. The molecule has 2 atom stereocenters. The summed E-state index contributed by atoms with van der Waals surface area (Å²) in [6.07, 6.45) is 2.62. The van der Waals surface area contributed by atoms with Gasteiger partial charge in [-0.1, -0.05) is 42.5 Å². The molecule has 3 rings (SSSR count). The number of benzene rings is 2. The first-order chi connectivity index (χ1) is 10.8. The lowest BCUT2D eigenvalue weighted by Gasteiger charge is -2.28. The molecule has 1 aliphatic heterocycles. The molecule has 0 aromatic heterocycles. The Labute approximate surface area is 130 Å². The number of rotatable bonds is 3. The van der Waals surface area contributed by atoms with Gasteiger partial charge in [-0.2, -0.15) is 5.26 Å². The zero-order valence-electron chi connectivity index (χ0n) is 12.4. The quantitative estimate of drug-likeness (QED) is 0.844. The number of methoxy groups -OCH3 is 1. The first-order valence-electron chi connectivity index (χ1n) is 7.27. The maximum absolute atomic E-state index is 9.24. The Morgan fingerprint density at radius 1 is 1.05 bits per heavy atom. The number of allylic oxidation sites excluding steroid dienone is 2. The molecule has 0 aliphatic carbocycles. The van der Waals surface area contributed by atoms with E-state index in [0.717, 1.165) is 17.7 Å². The van der Waals surface area contributed by atoms with Crippen LogP contribution in [0.3, 0.4) is 0 Å². The number of nitriles is 1. The molecule has 2 aromatic rings. The van der Waals surface area contributed by atoms with Gasteiger partial charge in [0.05, 0.1) is 7.11 Å². The summed E-state index contributed by atoms with van der Waals surface area (Å²) in [5.74, 6) is 1.40. The lowest BCUT2D eigenvalue weighted by atomic mass is 9.88. The number of hydrogen-bond donors (Lipinski definition) is 0. The predicted octanol–water partition coefficient (Wildman–Crippen LogP) is 4.35. The highest BCUT2D eigenvalue weighted by molar-refractivity contribution is 5.34. The van der Waals surface area contributed by atoms with Gasteiger partial charge in [0.1, 0.15) is 17.9 Å². The van der Waals surface area contributed by atoms with Gasteiger partial charge < -0.3 is 9.47 Å². The summed E-state index contributed by atoms with van der Waals surface area (Å²) in [5.41, 5.74) is 2.26. The molecule has 0 spiro atoms. The summed E-state index contributed by atoms with van der Waals surface area (Å²) in [6.45, 7) is 0. The van der Waals surface area contributed by atoms with E-state index in [1.165, 1.54) is 5.56 Å². The van der Waals surface area contributed by atoms with Crippen molar-refractivity contribution in [1.29, 1.82) is 5.26 Å². The second kappa shape index (κ2) is 6.36. The summed E-state index contributed by atoms with van der Waals surface area (Å²) in [6, 6.07) is 20.2. The maximum atomic E-state index is 9.24. The van der Waals surface area contributed by atoms with Crippen LogP contribution in [0.25, 0.3) is 0 Å². The van der Waals surface area contributed by atoms with Crippen molar-refractivity contribution < 1.29 is 9.47 Å². The van der Waals surface area contributed by atoms with Crippen LogP contribution in [0.4, 0.5) is 0 Å². The Balaban J connectivity index is 1.88. The minimum Gasteiger partial charge on any atom is -0.497 e. The van der Waals surface area contributed by atoms with Crippen molar-refractivity contribution in [2.75, 3.05) is 7.11 Å². The van der Waals surface area contributed by atoms with E-state index in [1.54, 1.807) is 7.11 Å². The van der Waals surface area contributed by atoms with Crippen LogP contribution in [0.2, 0.25) is 0 Å². The lowest BCUT2D eigenvalue weighted by molar-refractivity contribution is 0.100. The van der Waals surface area contributed by atoms with Gasteiger partial charge in [-0.05, 0) is 35.8 Å². The molecule has 0 unspecified atom stereocenters. The molecule has 1 aliphatic rings. The van der Waals surface area contributed by atoms with E-state index in [0.29, 0.717) is 5.76 Å². The standard InChI is InChI=1S/C19H17NO2/c1-21-17-9-7-15(8-10-17)19-12-16(11-18(13-20)22-19)14-5-3-2-4-6-14/h2-11,16,19H,12H2,1H3/t16-,19+/m0/s1. The van der Waals surface area contributed by atoms with Crippen molar-refractivity contribution in [3.05, 3.63) is 77.6 Å². The highest BCUT2D eigenvalue weighted by Crippen LogP contribution is 2.38. The van der Waals surface area contributed by atoms with Crippen LogP contribution < -0.4 is 4.74 Å².